The fourth-order valence-electron chi connectivity index (χ4n) is 1.21. The zero-order valence-corrected chi connectivity index (χ0v) is 9.40. The number of benzene rings is 1. The summed E-state index contributed by atoms with van der Waals surface area (Å²) in [5.41, 5.74) is 11.9. The van der Waals surface area contributed by atoms with Crippen LogP contribution in [0.1, 0.15) is 24.2 Å². The second-order valence-electron chi connectivity index (χ2n) is 3.68. The summed E-state index contributed by atoms with van der Waals surface area (Å²) in [6.45, 7) is 3.85. The summed E-state index contributed by atoms with van der Waals surface area (Å²) in [5.74, 6) is -0.153. The first-order valence-corrected chi connectivity index (χ1v) is 4.99. The van der Waals surface area contributed by atoms with E-state index in [0.717, 1.165) is 0 Å². The van der Waals surface area contributed by atoms with E-state index in [2.05, 4.69) is 10.3 Å². The number of nitrogens with zero attached hydrogens (tertiary/aromatic N) is 1. The number of anilines is 1. The molecule has 1 amide bonds. The maximum atomic E-state index is 10.9. The summed E-state index contributed by atoms with van der Waals surface area (Å²) in [4.78, 5) is 15.1. The molecule has 0 bridgehead atoms. The number of carbonyl (C=O) groups excluding carboxylic acids is 1. The topological polar surface area (TPSA) is 93.5 Å². The van der Waals surface area contributed by atoms with Gasteiger partial charge in [0, 0.05) is 17.3 Å². The van der Waals surface area contributed by atoms with Gasteiger partial charge in [-0.3, -0.25) is 9.79 Å². The van der Waals surface area contributed by atoms with Gasteiger partial charge in [-0.25, -0.2) is 0 Å². The Hall–Kier alpha value is -2.04. The Labute approximate surface area is 94.5 Å². The van der Waals surface area contributed by atoms with Crippen molar-refractivity contribution in [2.75, 3.05) is 5.32 Å². The van der Waals surface area contributed by atoms with Gasteiger partial charge in [-0.1, -0.05) is 6.07 Å². The Morgan fingerprint density at radius 3 is 2.62 bits per heavy atom. The Morgan fingerprint density at radius 1 is 1.38 bits per heavy atom. The lowest BCUT2D eigenvalue weighted by Crippen LogP contribution is -2.24. The largest absolute Gasteiger partial charge is 0.370 e. The number of nitrogens with two attached hydrogens (primary N) is 2. The van der Waals surface area contributed by atoms with Crippen molar-refractivity contribution in [3.63, 3.8) is 0 Å². The predicted molar refractivity (Wildman–Crippen MR) is 65.3 cm³/mol. The van der Waals surface area contributed by atoms with Gasteiger partial charge in [-0.2, -0.15) is 0 Å². The van der Waals surface area contributed by atoms with Gasteiger partial charge < -0.3 is 16.8 Å². The molecule has 0 aliphatic heterocycles. The van der Waals surface area contributed by atoms with Crippen LogP contribution >= 0.6 is 0 Å². The minimum absolute atomic E-state index is 0.117. The number of nitrogens with one attached hydrogen (secondary N) is 1. The number of primary amides is 1. The van der Waals surface area contributed by atoms with Gasteiger partial charge in [0.15, 0.2) is 5.96 Å². The van der Waals surface area contributed by atoms with Crippen LogP contribution < -0.4 is 16.8 Å². The highest BCUT2D eigenvalue weighted by Crippen LogP contribution is 2.09. The molecule has 0 aliphatic rings. The van der Waals surface area contributed by atoms with Crippen LogP contribution in [0.2, 0.25) is 0 Å². The van der Waals surface area contributed by atoms with Crippen LogP contribution in [-0.4, -0.2) is 17.9 Å². The van der Waals surface area contributed by atoms with Crippen LogP contribution in [0.5, 0.6) is 0 Å². The molecule has 86 valence electrons. The van der Waals surface area contributed by atoms with Crippen molar-refractivity contribution < 1.29 is 4.79 Å². The molecule has 0 saturated carbocycles. The molecule has 0 saturated heterocycles. The third-order valence-electron chi connectivity index (χ3n) is 1.82. The standard InChI is InChI=1S/C11H16N4O/c1-7(2)14-11(13)15-9-5-3-4-8(6-9)10(12)16/h3-7H,1-2H3,(H2,12,16)(H3,13,14,15). The number of rotatable bonds is 3. The van der Waals surface area contributed by atoms with Crippen LogP contribution in [0.4, 0.5) is 5.69 Å². The van der Waals surface area contributed by atoms with Crippen LogP contribution in [-0.2, 0) is 0 Å². The van der Waals surface area contributed by atoms with Crippen molar-refractivity contribution in [3.8, 4) is 0 Å². The number of guanidine groups is 1. The number of aliphatic imine (C=N–C) groups is 1. The molecule has 0 unspecified atom stereocenters. The SMILES string of the molecule is CC(C)N=C(N)Nc1cccc(C(N)=O)c1. The molecule has 0 aliphatic carbocycles. The van der Waals surface area contributed by atoms with Crippen molar-refractivity contribution in [1.29, 1.82) is 0 Å². The Kier molecular flexibility index (Phi) is 3.88. The highest BCUT2D eigenvalue weighted by atomic mass is 16.1. The first kappa shape index (κ1) is 12.0. The summed E-state index contributed by atoms with van der Waals surface area (Å²) in [7, 11) is 0. The minimum atomic E-state index is -0.469. The molecule has 1 rings (SSSR count). The number of carbonyl (C=O) groups is 1. The van der Waals surface area contributed by atoms with Crippen molar-refractivity contribution in [3.05, 3.63) is 29.8 Å². The van der Waals surface area contributed by atoms with Gasteiger partial charge in [0.25, 0.3) is 0 Å². The van der Waals surface area contributed by atoms with Gasteiger partial charge in [0.1, 0.15) is 0 Å². The van der Waals surface area contributed by atoms with E-state index in [4.69, 9.17) is 11.5 Å². The molecule has 0 heterocycles. The zero-order chi connectivity index (χ0) is 12.1. The Morgan fingerprint density at radius 2 is 2.06 bits per heavy atom. The highest BCUT2D eigenvalue weighted by Gasteiger charge is 2.02. The first-order valence-electron chi connectivity index (χ1n) is 4.99. The third-order valence-corrected chi connectivity index (χ3v) is 1.82. The van der Waals surface area contributed by atoms with Crippen molar-refractivity contribution >= 4 is 17.6 Å². The van der Waals surface area contributed by atoms with Crippen molar-refractivity contribution in [2.45, 2.75) is 19.9 Å². The maximum Gasteiger partial charge on any atom is 0.248 e. The van der Waals surface area contributed by atoms with E-state index in [0.29, 0.717) is 17.2 Å². The third kappa shape index (κ3) is 3.61. The summed E-state index contributed by atoms with van der Waals surface area (Å²) < 4.78 is 0. The van der Waals surface area contributed by atoms with Crippen LogP contribution in [0.15, 0.2) is 29.3 Å². The van der Waals surface area contributed by atoms with E-state index in [1.807, 2.05) is 13.8 Å². The molecule has 5 heteroatoms. The fourth-order valence-corrected chi connectivity index (χ4v) is 1.21. The molecule has 0 spiro atoms. The fraction of sp³-hybridized carbons (Fsp3) is 0.273. The molecule has 1 aromatic rings. The molecular formula is C11H16N4O. The normalized spacial score (nSPS) is 11.6. The zero-order valence-electron chi connectivity index (χ0n) is 9.40. The monoisotopic (exact) mass is 220 g/mol. The van der Waals surface area contributed by atoms with Crippen molar-refractivity contribution in [1.82, 2.24) is 0 Å². The van der Waals surface area contributed by atoms with E-state index in [1.165, 1.54) is 0 Å². The lowest BCUT2D eigenvalue weighted by molar-refractivity contribution is 0.100. The summed E-state index contributed by atoms with van der Waals surface area (Å²) in [5, 5.41) is 2.89. The second-order valence-corrected chi connectivity index (χ2v) is 3.68. The lowest BCUT2D eigenvalue weighted by Gasteiger charge is -2.07. The summed E-state index contributed by atoms with van der Waals surface area (Å²) in [6.07, 6.45) is 0. The van der Waals surface area contributed by atoms with Gasteiger partial charge in [-0.15, -0.1) is 0 Å². The maximum absolute atomic E-state index is 10.9. The average Bonchev–Trinajstić information content (AvgIpc) is 2.16. The molecule has 1 aromatic carbocycles. The van der Waals surface area contributed by atoms with Gasteiger partial charge in [0.05, 0.1) is 0 Å². The molecule has 0 radical (unpaired) electrons. The first-order chi connectivity index (χ1) is 7.49. The Balaban J connectivity index is 2.82. The molecule has 5 N–H and O–H groups in total. The van der Waals surface area contributed by atoms with Crippen LogP contribution in [0.25, 0.3) is 0 Å². The molecule has 16 heavy (non-hydrogen) atoms. The minimum Gasteiger partial charge on any atom is -0.370 e. The average molecular weight is 220 g/mol. The van der Waals surface area contributed by atoms with E-state index in [-0.39, 0.29) is 6.04 Å². The Bertz CT molecular complexity index is 412. The smallest absolute Gasteiger partial charge is 0.248 e. The van der Waals surface area contributed by atoms with E-state index >= 15 is 0 Å². The molecule has 5 nitrogen and oxygen atoms in total. The summed E-state index contributed by atoms with van der Waals surface area (Å²) in [6, 6.07) is 6.90. The van der Waals surface area contributed by atoms with Gasteiger partial charge in [0.2, 0.25) is 5.91 Å². The van der Waals surface area contributed by atoms with E-state index in [9.17, 15) is 4.79 Å². The van der Waals surface area contributed by atoms with Gasteiger partial charge >= 0.3 is 0 Å². The van der Waals surface area contributed by atoms with Crippen LogP contribution in [0.3, 0.4) is 0 Å². The summed E-state index contributed by atoms with van der Waals surface area (Å²) >= 11 is 0. The number of hydrogen-bond acceptors (Lipinski definition) is 2. The molecule has 0 fully saturated rings. The molecular weight excluding hydrogens is 204 g/mol. The van der Waals surface area contributed by atoms with E-state index in [1.54, 1.807) is 24.3 Å². The number of hydrogen-bond donors (Lipinski definition) is 3. The second kappa shape index (κ2) is 5.16. The van der Waals surface area contributed by atoms with Crippen LogP contribution in [0, 0.1) is 0 Å². The molecule has 0 aromatic heterocycles. The predicted octanol–water partition coefficient (Wildman–Crippen LogP) is 0.921. The highest BCUT2D eigenvalue weighted by molar-refractivity contribution is 5.96. The van der Waals surface area contributed by atoms with E-state index < -0.39 is 5.91 Å². The lowest BCUT2D eigenvalue weighted by atomic mass is 10.2. The van der Waals surface area contributed by atoms with Crippen molar-refractivity contribution in [2.24, 2.45) is 16.5 Å². The number of amides is 1. The molecule has 0 atom stereocenters. The van der Waals surface area contributed by atoms with Gasteiger partial charge in [-0.05, 0) is 32.0 Å². The quantitative estimate of drug-likeness (QED) is 0.522.